The molecule has 0 aromatic heterocycles. The Morgan fingerprint density at radius 3 is 2.37 bits per heavy atom. The van der Waals surface area contributed by atoms with Crippen LogP contribution in [0.3, 0.4) is 0 Å². The van der Waals surface area contributed by atoms with Gasteiger partial charge in [-0.05, 0) is 32.7 Å². The Hall–Kier alpha value is -0.120. The van der Waals surface area contributed by atoms with E-state index in [9.17, 15) is 0 Å². The molecule has 0 aromatic rings. The van der Waals surface area contributed by atoms with Gasteiger partial charge in [0.15, 0.2) is 5.96 Å². The Morgan fingerprint density at radius 2 is 1.70 bits per heavy atom. The zero-order chi connectivity index (χ0) is 18.5. The number of halogens is 1. The van der Waals surface area contributed by atoms with E-state index >= 15 is 0 Å². The van der Waals surface area contributed by atoms with E-state index in [0.717, 1.165) is 45.2 Å². The minimum absolute atomic E-state index is 0. The summed E-state index contributed by atoms with van der Waals surface area (Å²) in [5.41, 5.74) is 0. The van der Waals surface area contributed by atoms with E-state index < -0.39 is 0 Å². The molecule has 1 saturated carbocycles. The maximum Gasteiger partial charge on any atom is 0.191 e. The molecule has 6 nitrogen and oxygen atoms in total. The lowest BCUT2D eigenvalue weighted by atomic mass is 9.98. The minimum atomic E-state index is 0. The summed E-state index contributed by atoms with van der Waals surface area (Å²) in [6.07, 6.45) is 8.07. The Kier molecular flexibility index (Phi) is 14.5. The summed E-state index contributed by atoms with van der Waals surface area (Å²) in [6, 6.07) is 0. The van der Waals surface area contributed by atoms with Crippen LogP contribution in [0, 0.1) is 0 Å². The van der Waals surface area contributed by atoms with Crippen molar-refractivity contribution in [2.45, 2.75) is 58.5 Å². The molecule has 2 aliphatic rings. The first-order valence-electron chi connectivity index (χ1n) is 10.9. The van der Waals surface area contributed by atoms with Crippen LogP contribution in [0.25, 0.3) is 0 Å². The van der Waals surface area contributed by atoms with Crippen LogP contribution >= 0.6 is 24.0 Å². The fraction of sp³-hybridized carbons (Fsp3) is 0.950. The van der Waals surface area contributed by atoms with Gasteiger partial charge in [-0.2, -0.15) is 0 Å². The average Bonchev–Trinajstić information content (AvgIpc) is 2.69. The van der Waals surface area contributed by atoms with Crippen LogP contribution < -0.4 is 10.6 Å². The Morgan fingerprint density at radius 1 is 1.00 bits per heavy atom. The molecular weight excluding hydrogens is 453 g/mol. The van der Waals surface area contributed by atoms with Gasteiger partial charge in [0.1, 0.15) is 0 Å². The average molecular weight is 495 g/mol. The van der Waals surface area contributed by atoms with Gasteiger partial charge < -0.3 is 20.3 Å². The molecule has 2 fully saturated rings. The number of nitrogens with one attached hydrogen (secondary N) is 2. The van der Waals surface area contributed by atoms with Crippen LogP contribution in [0.4, 0.5) is 0 Å². The van der Waals surface area contributed by atoms with Crippen LogP contribution in [-0.2, 0) is 4.74 Å². The highest BCUT2D eigenvalue weighted by atomic mass is 127. The number of aliphatic imine (C=N–C) groups is 1. The van der Waals surface area contributed by atoms with Crippen molar-refractivity contribution in [3.8, 4) is 0 Å². The quantitative estimate of drug-likeness (QED) is 0.211. The number of rotatable bonds is 10. The highest BCUT2D eigenvalue weighted by molar-refractivity contribution is 14.0. The normalized spacial score (nSPS) is 20.3. The Labute approximate surface area is 183 Å². The first-order chi connectivity index (χ1) is 12.8. The van der Waals surface area contributed by atoms with Gasteiger partial charge in [0.25, 0.3) is 0 Å². The van der Waals surface area contributed by atoms with Gasteiger partial charge in [0.05, 0.1) is 6.10 Å². The van der Waals surface area contributed by atoms with E-state index in [1.165, 1.54) is 64.8 Å². The van der Waals surface area contributed by atoms with E-state index in [2.05, 4.69) is 34.3 Å². The zero-order valence-electron chi connectivity index (χ0n) is 17.5. The summed E-state index contributed by atoms with van der Waals surface area (Å²) in [6.45, 7) is 14.9. The molecule has 1 aliphatic heterocycles. The first-order valence-corrected chi connectivity index (χ1v) is 10.9. The molecule has 2 rings (SSSR count). The summed E-state index contributed by atoms with van der Waals surface area (Å²) in [5, 5.41) is 6.82. The van der Waals surface area contributed by atoms with Crippen LogP contribution in [0.5, 0.6) is 0 Å². The van der Waals surface area contributed by atoms with E-state index in [-0.39, 0.29) is 24.0 Å². The van der Waals surface area contributed by atoms with E-state index in [0.29, 0.717) is 6.10 Å². The molecule has 1 heterocycles. The van der Waals surface area contributed by atoms with Crippen LogP contribution in [0.2, 0.25) is 0 Å². The summed E-state index contributed by atoms with van der Waals surface area (Å²) >= 11 is 0. The summed E-state index contributed by atoms with van der Waals surface area (Å²) < 4.78 is 5.98. The molecule has 0 bridgehead atoms. The van der Waals surface area contributed by atoms with Gasteiger partial charge in [0, 0.05) is 59.0 Å². The highest BCUT2D eigenvalue weighted by Crippen LogP contribution is 2.20. The van der Waals surface area contributed by atoms with Crippen molar-refractivity contribution in [1.29, 1.82) is 0 Å². The van der Waals surface area contributed by atoms with Gasteiger partial charge in [0.2, 0.25) is 0 Å². The molecule has 1 saturated heterocycles. The number of guanidine groups is 1. The van der Waals surface area contributed by atoms with Crippen molar-refractivity contribution in [2.24, 2.45) is 4.99 Å². The van der Waals surface area contributed by atoms with E-state index in [1.807, 2.05) is 0 Å². The molecular formula is C20H42IN5O. The third-order valence-corrected chi connectivity index (χ3v) is 5.45. The molecule has 2 N–H and O–H groups in total. The zero-order valence-corrected chi connectivity index (χ0v) is 19.9. The van der Waals surface area contributed by atoms with Crippen LogP contribution in [0.1, 0.15) is 52.4 Å². The Bertz CT molecular complexity index is 383. The van der Waals surface area contributed by atoms with Crippen molar-refractivity contribution in [1.82, 2.24) is 20.4 Å². The molecule has 27 heavy (non-hydrogen) atoms. The monoisotopic (exact) mass is 495 g/mol. The number of hydrogen-bond donors (Lipinski definition) is 2. The van der Waals surface area contributed by atoms with Crippen molar-refractivity contribution >= 4 is 29.9 Å². The van der Waals surface area contributed by atoms with Gasteiger partial charge >= 0.3 is 0 Å². The summed E-state index contributed by atoms with van der Waals surface area (Å²) in [7, 11) is 0. The maximum atomic E-state index is 5.98. The summed E-state index contributed by atoms with van der Waals surface area (Å²) in [5.74, 6) is 0.942. The molecule has 1 aliphatic carbocycles. The van der Waals surface area contributed by atoms with Gasteiger partial charge in [-0.1, -0.05) is 26.2 Å². The fourth-order valence-electron chi connectivity index (χ4n) is 3.74. The number of piperazine rings is 1. The lowest BCUT2D eigenvalue weighted by Gasteiger charge is -2.34. The minimum Gasteiger partial charge on any atom is -0.378 e. The predicted octanol–water partition coefficient (Wildman–Crippen LogP) is 2.54. The summed E-state index contributed by atoms with van der Waals surface area (Å²) in [4.78, 5) is 9.75. The van der Waals surface area contributed by atoms with Crippen LogP contribution in [-0.4, -0.2) is 87.4 Å². The molecule has 0 atom stereocenters. The van der Waals surface area contributed by atoms with Crippen molar-refractivity contribution < 1.29 is 4.74 Å². The third-order valence-electron chi connectivity index (χ3n) is 5.45. The fourth-order valence-corrected chi connectivity index (χ4v) is 3.74. The molecule has 0 radical (unpaired) electrons. The topological polar surface area (TPSA) is 52.1 Å². The van der Waals surface area contributed by atoms with Crippen LogP contribution in [0.15, 0.2) is 4.99 Å². The predicted molar refractivity (Wildman–Crippen MR) is 125 cm³/mol. The molecule has 0 amide bonds. The van der Waals surface area contributed by atoms with E-state index in [4.69, 9.17) is 9.73 Å². The van der Waals surface area contributed by atoms with Gasteiger partial charge in [-0.25, -0.2) is 0 Å². The smallest absolute Gasteiger partial charge is 0.191 e. The Balaban J connectivity index is 0.00000364. The van der Waals surface area contributed by atoms with Gasteiger partial charge in [-0.3, -0.25) is 9.89 Å². The maximum absolute atomic E-state index is 5.98. The molecule has 160 valence electrons. The molecule has 7 heteroatoms. The third kappa shape index (κ3) is 10.9. The SMILES string of the molecule is CCNC(=NCCCOC1CCCCC1)NCCN1CCN(CC)CC1.I. The number of ether oxygens (including phenoxy) is 1. The van der Waals surface area contributed by atoms with Crippen molar-refractivity contribution in [3.05, 3.63) is 0 Å². The second-order valence-electron chi connectivity index (χ2n) is 7.45. The largest absolute Gasteiger partial charge is 0.378 e. The molecule has 0 spiro atoms. The van der Waals surface area contributed by atoms with Gasteiger partial charge in [-0.15, -0.1) is 24.0 Å². The number of hydrogen-bond acceptors (Lipinski definition) is 4. The first kappa shape index (κ1) is 24.9. The lowest BCUT2D eigenvalue weighted by molar-refractivity contribution is 0.0281. The highest BCUT2D eigenvalue weighted by Gasteiger charge is 2.15. The number of likely N-dealkylation sites (N-methyl/N-ethyl adjacent to an activating group) is 1. The van der Waals surface area contributed by atoms with E-state index in [1.54, 1.807) is 0 Å². The van der Waals surface area contributed by atoms with Crippen molar-refractivity contribution in [2.75, 3.05) is 65.5 Å². The molecule has 0 aromatic carbocycles. The molecule has 0 unspecified atom stereocenters. The second kappa shape index (κ2) is 15.8. The lowest BCUT2D eigenvalue weighted by Crippen LogP contribution is -2.49. The number of nitrogens with zero attached hydrogens (tertiary/aromatic N) is 3. The second-order valence-corrected chi connectivity index (χ2v) is 7.45. The van der Waals surface area contributed by atoms with Crippen molar-refractivity contribution in [3.63, 3.8) is 0 Å². The standard InChI is InChI=1S/C20H41N5O.HI/c1-3-21-20(22-11-8-18-26-19-9-6-5-7-10-19)23-12-13-25-16-14-24(4-2)15-17-25;/h19H,3-18H2,1-2H3,(H2,21,22,23);1H.